The highest BCUT2D eigenvalue weighted by molar-refractivity contribution is 5.80. The van der Waals surface area contributed by atoms with Gasteiger partial charge >= 0.3 is 0 Å². The Balaban J connectivity index is 1.57. The van der Waals surface area contributed by atoms with E-state index in [0.29, 0.717) is 12.5 Å². The van der Waals surface area contributed by atoms with Gasteiger partial charge in [0.25, 0.3) is 0 Å². The Bertz CT molecular complexity index is 886. The van der Waals surface area contributed by atoms with E-state index in [9.17, 15) is 9.50 Å². The first-order valence-corrected chi connectivity index (χ1v) is 10.9. The predicted octanol–water partition coefficient (Wildman–Crippen LogP) is 2.71. The maximum Gasteiger partial charge on any atom is 0.191 e. The van der Waals surface area contributed by atoms with Crippen LogP contribution in [0.5, 0.6) is 11.5 Å². The fourth-order valence-electron chi connectivity index (χ4n) is 3.84. The third kappa shape index (κ3) is 6.58. The number of benzene rings is 2. The summed E-state index contributed by atoms with van der Waals surface area (Å²) in [5.41, 5.74) is 1.39. The molecule has 32 heavy (non-hydrogen) atoms. The first-order chi connectivity index (χ1) is 15.5. The van der Waals surface area contributed by atoms with Crippen molar-refractivity contribution >= 4 is 5.96 Å². The molecule has 0 aliphatic carbocycles. The number of guanidine groups is 1. The molecule has 1 saturated heterocycles. The summed E-state index contributed by atoms with van der Waals surface area (Å²) in [6, 6.07) is 12.4. The van der Waals surface area contributed by atoms with E-state index in [1.54, 1.807) is 32.4 Å². The predicted molar refractivity (Wildman–Crippen MR) is 124 cm³/mol. The number of ether oxygens (including phenoxy) is 2. The minimum atomic E-state index is -0.991. The lowest BCUT2D eigenvalue weighted by Gasteiger charge is -2.20. The van der Waals surface area contributed by atoms with E-state index in [0.717, 1.165) is 43.1 Å². The molecule has 3 rings (SSSR count). The zero-order chi connectivity index (χ0) is 22.9. The number of rotatable bonds is 9. The number of halogens is 1. The van der Waals surface area contributed by atoms with Crippen LogP contribution >= 0.6 is 0 Å². The second kappa shape index (κ2) is 11.7. The Morgan fingerprint density at radius 3 is 2.59 bits per heavy atom. The summed E-state index contributed by atoms with van der Waals surface area (Å²) in [6.07, 6.45) is -0.0174. The van der Waals surface area contributed by atoms with Gasteiger partial charge in [0.1, 0.15) is 23.4 Å². The number of methoxy groups -OCH3 is 2. The SMILES string of the molecule is CCNC(=NCC(O)c1ccccc1F)NC1CCN(Cc2cc(OC)cc(OC)c2)C1. The number of nitrogens with one attached hydrogen (secondary N) is 2. The summed E-state index contributed by atoms with van der Waals surface area (Å²) in [7, 11) is 3.30. The monoisotopic (exact) mass is 444 g/mol. The van der Waals surface area contributed by atoms with Crippen LogP contribution in [0.15, 0.2) is 47.5 Å². The molecule has 0 amide bonds. The van der Waals surface area contributed by atoms with Crippen molar-refractivity contribution in [2.24, 2.45) is 4.99 Å². The number of hydrogen-bond acceptors (Lipinski definition) is 5. The maximum absolute atomic E-state index is 13.9. The molecule has 0 bridgehead atoms. The molecule has 7 nitrogen and oxygen atoms in total. The third-order valence-electron chi connectivity index (χ3n) is 5.46. The summed E-state index contributed by atoms with van der Waals surface area (Å²) in [5.74, 6) is 1.76. The van der Waals surface area contributed by atoms with Crippen LogP contribution in [0.2, 0.25) is 0 Å². The Labute approximate surface area is 189 Å². The van der Waals surface area contributed by atoms with Gasteiger partial charge in [0, 0.05) is 43.9 Å². The summed E-state index contributed by atoms with van der Waals surface area (Å²) >= 11 is 0. The highest BCUT2D eigenvalue weighted by Gasteiger charge is 2.24. The van der Waals surface area contributed by atoms with Gasteiger partial charge in [-0.2, -0.15) is 0 Å². The van der Waals surface area contributed by atoms with Gasteiger partial charge in [0.2, 0.25) is 0 Å². The summed E-state index contributed by atoms with van der Waals surface area (Å²) in [4.78, 5) is 6.84. The maximum atomic E-state index is 13.9. The number of hydrogen-bond donors (Lipinski definition) is 3. The highest BCUT2D eigenvalue weighted by atomic mass is 19.1. The average molecular weight is 445 g/mol. The van der Waals surface area contributed by atoms with Crippen LogP contribution in [-0.4, -0.2) is 62.4 Å². The molecule has 2 aromatic rings. The van der Waals surface area contributed by atoms with Crippen molar-refractivity contribution in [2.75, 3.05) is 40.4 Å². The van der Waals surface area contributed by atoms with Crippen LogP contribution in [0.25, 0.3) is 0 Å². The topological polar surface area (TPSA) is 78.4 Å². The normalized spacial score (nSPS) is 17.8. The summed E-state index contributed by atoms with van der Waals surface area (Å²) < 4.78 is 24.6. The molecule has 0 radical (unpaired) electrons. The van der Waals surface area contributed by atoms with Crippen LogP contribution in [-0.2, 0) is 6.54 Å². The molecule has 1 fully saturated rings. The molecule has 0 aromatic heterocycles. The smallest absolute Gasteiger partial charge is 0.191 e. The van der Waals surface area contributed by atoms with E-state index < -0.39 is 11.9 Å². The van der Waals surface area contributed by atoms with Gasteiger partial charge in [-0.1, -0.05) is 18.2 Å². The van der Waals surface area contributed by atoms with E-state index in [1.165, 1.54) is 6.07 Å². The van der Waals surface area contributed by atoms with Crippen LogP contribution < -0.4 is 20.1 Å². The Morgan fingerprint density at radius 2 is 1.94 bits per heavy atom. The van der Waals surface area contributed by atoms with E-state index in [1.807, 2.05) is 25.1 Å². The number of likely N-dealkylation sites (tertiary alicyclic amines) is 1. The first-order valence-electron chi connectivity index (χ1n) is 10.9. The van der Waals surface area contributed by atoms with Crippen LogP contribution in [0.3, 0.4) is 0 Å². The van der Waals surface area contributed by atoms with Crippen LogP contribution in [0.4, 0.5) is 4.39 Å². The van der Waals surface area contributed by atoms with Gasteiger partial charge in [-0.3, -0.25) is 9.89 Å². The molecule has 1 heterocycles. The molecule has 174 valence electrons. The van der Waals surface area contributed by atoms with Crippen LogP contribution in [0.1, 0.15) is 30.6 Å². The number of aliphatic imine (C=N–C) groups is 1. The second-order valence-corrected chi connectivity index (χ2v) is 7.84. The van der Waals surface area contributed by atoms with Crippen molar-refractivity contribution < 1.29 is 19.0 Å². The molecule has 2 aromatic carbocycles. The van der Waals surface area contributed by atoms with E-state index in [4.69, 9.17) is 9.47 Å². The fraction of sp³-hybridized carbons (Fsp3) is 0.458. The van der Waals surface area contributed by atoms with E-state index in [-0.39, 0.29) is 18.2 Å². The molecule has 3 N–H and O–H groups in total. The van der Waals surface area contributed by atoms with E-state index in [2.05, 4.69) is 20.5 Å². The van der Waals surface area contributed by atoms with Gasteiger partial charge in [-0.15, -0.1) is 0 Å². The van der Waals surface area contributed by atoms with Crippen molar-refractivity contribution in [2.45, 2.75) is 32.0 Å². The minimum absolute atomic E-state index is 0.0797. The van der Waals surface area contributed by atoms with Gasteiger partial charge < -0.3 is 25.2 Å². The lowest BCUT2D eigenvalue weighted by atomic mass is 10.1. The van der Waals surface area contributed by atoms with Gasteiger partial charge in [0.05, 0.1) is 20.8 Å². The van der Waals surface area contributed by atoms with Gasteiger partial charge in [-0.25, -0.2) is 4.39 Å². The van der Waals surface area contributed by atoms with Crippen molar-refractivity contribution in [1.29, 1.82) is 0 Å². The molecule has 1 aliphatic heterocycles. The fourth-order valence-corrected chi connectivity index (χ4v) is 3.84. The number of aliphatic hydroxyl groups is 1. The highest BCUT2D eigenvalue weighted by Crippen LogP contribution is 2.24. The Hall–Kier alpha value is -2.84. The zero-order valence-corrected chi connectivity index (χ0v) is 19.0. The average Bonchev–Trinajstić information content (AvgIpc) is 3.23. The number of nitrogens with zero attached hydrogens (tertiary/aromatic N) is 2. The lowest BCUT2D eigenvalue weighted by Crippen LogP contribution is -2.44. The standard InChI is InChI=1S/C24H33FN4O3/c1-4-26-24(27-14-23(30)21-7-5-6-8-22(21)25)28-18-9-10-29(16-18)15-17-11-19(31-2)13-20(12-17)32-3/h5-8,11-13,18,23,30H,4,9-10,14-16H2,1-3H3,(H2,26,27,28). The summed E-state index contributed by atoms with van der Waals surface area (Å²) in [5, 5.41) is 17.0. The van der Waals surface area contributed by atoms with Crippen molar-refractivity contribution in [3.63, 3.8) is 0 Å². The van der Waals surface area contributed by atoms with Gasteiger partial charge in [-0.05, 0) is 37.1 Å². The molecule has 1 aliphatic rings. The van der Waals surface area contributed by atoms with E-state index >= 15 is 0 Å². The zero-order valence-electron chi connectivity index (χ0n) is 19.0. The van der Waals surface area contributed by atoms with Crippen molar-refractivity contribution in [3.8, 4) is 11.5 Å². The second-order valence-electron chi connectivity index (χ2n) is 7.84. The molecule has 0 spiro atoms. The third-order valence-corrected chi connectivity index (χ3v) is 5.46. The lowest BCUT2D eigenvalue weighted by molar-refractivity contribution is 0.182. The minimum Gasteiger partial charge on any atom is -0.497 e. The van der Waals surface area contributed by atoms with Crippen molar-refractivity contribution in [1.82, 2.24) is 15.5 Å². The molecule has 2 atom stereocenters. The molecule has 2 unspecified atom stereocenters. The first kappa shape index (κ1) is 23.8. The molecule has 8 heteroatoms. The quantitative estimate of drug-likeness (QED) is 0.408. The Morgan fingerprint density at radius 1 is 1.22 bits per heavy atom. The van der Waals surface area contributed by atoms with Gasteiger partial charge in [0.15, 0.2) is 5.96 Å². The Kier molecular flexibility index (Phi) is 8.70. The largest absolute Gasteiger partial charge is 0.497 e. The summed E-state index contributed by atoms with van der Waals surface area (Å²) in [6.45, 7) is 5.37. The van der Waals surface area contributed by atoms with Crippen LogP contribution in [0, 0.1) is 5.82 Å². The molecular formula is C24H33FN4O3. The molecule has 0 saturated carbocycles. The molecular weight excluding hydrogens is 411 g/mol. The number of aliphatic hydroxyl groups excluding tert-OH is 1. The van der Waals surface area contributed by atoms with Crippen molar-refractivity contribution in [3.05, 3.63) is 59.4 Å².